The SMILES string of the molecule is CC1=C=C(C)[C-]=C(C)[C+]1.Cc1ccc(S(=O)(=O)[N-][C@H](c2ccccc2)[C@H]([NH-])c2ccccc2)cc1.[Cl-].[Ru+3]. The van der Waals surface area contributed by atoms with Crippen LogP contribution in [0.3, 0.4) is 0 Å². The van der Waals surface area contributed by atoms with Crippen molar-refractivity contribution in [3.63, 3.8) is 0 Å². The monoisotopic (exact) mass is 618 g/mol. The van der Waals surface area contributed by atoms with E-state index in [0.717, 1.165) is 27.8 Å². The minimum Gasteiger partial charge on any atom is -1.00 e. The van der Waals surface area contributed by atoms with E-state index in [1.807, 2.05) is 88.4 Å². The van der Waals surface area contributed by atoms with Gasteiger partial charge in [-0.1, -0.05) is 89.5 Å². The first-order valence-corrected chi connectivity index (χ1v) is 12.8. The van der Waals surface area contributed by atoms with Crippen LogP contribution in [0.5, 0.6) is 0 Å². The number of aryl methyl sites for hydroxylation is 1. The molecule has 0 saturated heterocycles. The van der Waals surface area contributed by atoms with E-state index in [2.05, 4.69) is 23.0 Å². The third kappa shape index (κ3) is 9.76. The van der Waals surface area contributed by atoms with Gasteiger partial charge in [0.15, 0.2) is 0 Å². The van der Waals surface area contributed by atoms with Gasteiger partial charge in [0.25, 0.3) is 0 Å². The van der Waals surface area contributed by atoms with Crippen LogP contribution in [-0.4, -0.2) is 8.42 Å². The molecule has 0 spiro atoms. The van der Waals surface area contributed by atoms with E-state index >= 15 is 0 Å². The third-order valence-corrected chi connectivity index (χ3v) is 6.68. The number of nitrogens with zero attached hydrogens (tertiary/aromatic N) is 1. The van der Waals surface area contributed by atoms with E-state index in [4.69, 9.17) is 5.73 Å². The summed E-state index contributed by atoms with van der Waals surface area (Å²) in [5, 5.41) is 0. The number of hydrogen-bond acceptors (Lipinski definition) is 2. The molecule has 4 rings (SSSR count). The maximum atomic E-state index is 12.8. The maximum absolute atomic E-state index is 12.8. The summed E-state index contributed by atoms with van der Waals surface area (Å²) >= 11 is 0. The van der Waals surface area contributed by atoms with Crippen molar-refractivity contribution in [3.8, 4) is 0 Å². The summed E-state index contributed by atoms with van der Waals surface area (Å²) in [5.41, 5.74) is 17.3. The van der Waals surface area contributed by atoms with E-state index in [9.17, 15) is 8.42 Å². The first-order valence-electron chi connectivity index (χ1n) is 11.3. The standard InChI is InChI=1S/C21H20N2O2S.C9H9.ClH.Ru/c1-16-12-14-19(15-13-16)26(24,25)23-21(18-10-6-3-7-11-18)20(22)17-8-4-2-5-9-17;1-7-4-8(2)6-9(3)5-7;;/h2-15,20-22H,1H3;1-3H3;1H;/q-2;;;+3/p-1/t20-,21-;;;/m1.../s1. The number of benzene rings is 3. The van der Waals surface area contributed by atoms with Crippen LogP contribution in [0.1, 0.15) is 49.5 Å². The van der Waals surface area contributed by atoms with Gasteiger partial charge >= 0.3 is 19.5 Å². The zero-order valence-electron chi connectivity index (χ0n) is 21.1. The Morgan fingerprint density at radius 3 is 1.84 bits per heavy atom. The van der Waals surface area contributed by atoms with E-state index in [1.165, 1.54) is 0 Å². The van der Waals surface area contributed by atoms with Crippen LogP contribution >= 0.6 is 0 Å². The van der Waals surface area contributed by atoms with Crippen LogP contribution in [0, 0.1) is 19.4 Å². The Kier molecular flexibility index (Phi) is 13.3. The van der Waals surface area contributed by atoms with Gasteiger partial charge < -0.3 is 22.9 Å². The largest absolute Gasteiger partial charge is 3.00 e. The molecule has 0 aliphatic heterocycles. The third-order valence-electron chi connectivity index (χ3n) is 5.31. The molecule has 0 saturated carbocycles. The number of hydrogen-bond donors (Lipinski definition) is 0. The summed E-state index contributed by atoms with van der Waals surface area (Å²) in [5.74, 6) is 0. The zero-order valence-corrected chi connectivity index (χ0v) is 24.5. The number of sulfonamides is 1. The minimum absolute atomic E-state index is 0. The summed E-state index contributed by atoms with van der Waals surface area (Å²) in [4.78, 5) is 0.143. The Bertz CT molecular complexity index is 1330. The van der Waals surface area contributed by atoms with Crippen molar-refractivity contribution in [2.24, 2.45) is 0 Å². The molecule has 0 fully saturated rings. The van der Waals surface area contributed by atoms with Gasteiger partial charge in [-0.25, -0.2) is 8.42 Å². The van der Waals surface area contributed by atoms with Crippen LogP contribution in [0.25, 0.3) is 10.5 Å². The Morgan fingerprint density at radius 1 is 0.838 bits per heavy atom. The van der Waals surface area contributed by atoms with Crippen molar-refractivity contribution < 1.29 is 40.3 Å². The maximum Gasteiger partial charge on any atom is 3.00 e. The molecule has 1 aliphatic carbocycles. The molecule has 0 bridgehead atoms. The molecule has 0 heterocycles. The predicted octanol–water partition coefficient (Wildman–Crippen LogP) is 4.92. The Labute approximate surface area is 241 Å². The van der Waals surface area contributed by atoms with Gasteiger partial charge in [-0.2, -0.15) is 0 Å². The fraction of sp³-hybridized carbons (Fsp3) is 0.200. The first kappa shape index (κ1) is 32.6. The second-order valence-corrected chi connectivity index (χ2v) is 10.0. The number of nitrogens with one attached hydrogen (secondary N) is 1. The molecule has 3 aromatic rings. The summed E-state index contributed by atoms with van der Waals surface area (Å²) in [7, 11) is -3.87. The summed E-state index contributed by atoms with van der Waals surface area (Å²) < 4.78 is 29.8. The molecular weight excluding hydrogens is 589 g/mol. The molecular formula is C30H29ClN2O2RuS. The molecule has 1 aliphatic rings. The van der Waals surface area contributed by atoms with Crippen molar-refractivity contribution >= 4 is 10.0 Å². The summed E-state index contributed by atoms with van der Waals surface area (Å²) in [6, 6.07) is 23.3. The quantitative estimate of drug-likeness (QED) is 0.224. The van der Waals surface area contributed by atoms with E-state index in [-0.39, 0.29) is 36.8 Å². The molecule has 4 nitrogen and oxygen atoms in total. The second-order valence-electron chi connectivity index (χ2n) is 8.39. The van der Waals surface area contributed by atoms with Crippen molar-refractivity contribution in [1.82, 2.24) is 0 Å². The average molecular weight is 618 g/mol. The normalized spacial score (nSPS) is 14.0. The number of halogens is 1. The van der Waals surface area contributed by atoms with Gasteiger partial charge in [0.2, 0.25) is 0 Å². The Morgan fingerprint density at radius 2 is 1.35 bits per heavy atom. The second kappa shape index (κ2) is 15.1. The van der Waals surface area contributed by atoms with Crippen LogP contribution in [0.15, 0.2) is 112 Å². The topological polar surface area (TPSA) is 72.0 Å². The average Bonchev–Trinajstić information content (AvgIpc) is 2.83. The molecule has 37 heavy (non-hydrogen) atoms. The van der Waals surface area contributed by atoms with Gasteiger partial charge in [0, 0.05) is 4.90 Å². The summed E-state index contributed by atoms with van der Waals surface area (Å²) in [6.07, 6.45) is 6.20. The van der Waals surface area contributed by atoms with E-state index < -0.39 is 22.1 Å². The van der Waals surface area contributed by atoms with Gasteiger partial charge in [0.1, 0.15) is 10.0 Å². The first-order chi connectivity index (χ1) is 16.7. The van der Waals surface area contributed by atoms with Gasteiger partial charge in [-0.05, 0) is 69.0 Å². The molecule has 2 radical (unpaired) electrons. The van der Waals surface area contributed by atoms with Crippen molar-refractivity contribution in [3.05, 3.63) is 147 Å². The molecule has 7 heteroatoms. The zero-order chi connectivity index (χ0) is 25.4. The van der Waals surface area contributed by atoms with Crippen molar-refractivity contribution in [2.45, 2.75) is 44.7 Å². The fourth-order valence-corrected chi connectivity index (χ4v) is 4.81. The molecule has 0 amide bonds. The van der Waals surface area contributed by atoms with Crippen LogP contribution in [0.4, 0.5) is 0 Å². The minimum atomic E-state index is -3.87. The van der Waals surface area contributed by atoms with Gasteiger partial charge in [-0.15, -0.1) is 17.8 Å². The van der Waals surface area contributed by atoms with Crippen LogP contribution in [-0.2, 0) is 29.5 Å². The molecule has 2 atom stereocenters. The Balaban J connectivity index is 0.000000530. The van der Waals surface area contributed by atoms with Crippen molar-refractivity contribution in [2.75, 3.05) is 0 Å². The summed E-state index contributed by atoms with van der Waals surface area (Å²) in [6.45, 7) is 7.88. The van der Waals surface area contributed by atoms with Gasteiger partial charge in [0.05, 0.1) is 0 Å². The smallest absolute Gasteiger partial charge is 1.00 e. The van der Waals surface area contributed by atoms with Crippen LogP contribution < -0.4 is 12.4 Å². The van der Waals surface area contributed by atoms with Gasteiger partial charge in [-0.3, -0.25) is 0 Å². The molecule has 0 unspecified atom stereocenters. The molecule has 1 N–H and O–H groups in total. The van der Waals surface area contributed by atoms with E-state index in [1.54, 1.807) is 24.3 Å². The number of allylic oxidation sites excluding steroid dienone is 3. The molecule has 0 aromatic heterocycles. The Hall–Kier alpha value is -2.43. The predicted molar refractivity (Wildman–Crippen MR) is 142 cm³/mol. The molecule has 3 aromatic carbocycles. The van der Waals surface area contributed by atoms with Crippen molar-refractivity contribution in [1.29, 1.82) is 0 Å². The van der Waals surface area contributed by atoms with Crippen LogP contribution in [0.2, 0.25) is 0 Å². The van der Waals surface area contributed by atoms with E-state index in [0.29, 0.717) is 5.56 Å². The number of rotatable bonds is 6. The fourth-order valence-electron chi connectivity index (χ4n) is 3.67. The molecule has 192 valence electrons.